The zero-order valence-corrected chi connectivity index (χ0v) is 44.6. The summed E-state index contributed by atoms with van der Waals surface area (Å²) in [6.07, 6.45) is 0.0471. The zero-order chi connectivity index (χ0) is 58.3. The normalized spacial score (nSPS) is 11.4. The van der Waals surface area contributed by atoms with Gasteiger partial charge in [0.05, 0.1) is 18.0 Å². The van der Waals surface area contributed by atoms with Crippen LogP contribution >= 0.6 is 0 Å². The number of carbonyl (C=O) groups excluding carboxylic acids is 9. The molecule has 0 aliphatic rings. The zero-order valence-electron chi connectivity index (χ0n) is 44.6. The van der Waals surface area contributed by atoms with Crippen LogP contribution in [0, 0.1) is 0 Å². The topological polar surface area (TPSA) is 324 Å². The average molecular weight is 1090 g/mol. The van der Waals surface area contributed by atoms with Gasteiger partial charge in [-0.15, -0.1) is 0 Å². The van der Waals surface area contributed by atoms with Crippen molar-refractivity contribution in [2.75, 3.05) is 23.0 Å². The van der Waals surface area contributed by atoms with Crippen LogP contribution in [-0.4, -0.2) is 99.7 Å². The summed E-state index contributed by atoms with van der Waals surface area (Å²) < 4.78 is 5.40. The number of hydrogen-bond donors (Lipinski definition) is 8. The molecule has 5 aromatic carbocycles. The van der Waals surface area contributed by atoms with E-state index in [2.05, 4.69) is 26.6 Å². The van der Waals surface area contributed by atoms with Crippen molar-refractivity contribution in [2.45, 2.75) is 110 Å². The van der Waals surface area contributed by atoms with Gasteiger partial charge in [0, 0.05) is 72.0 Å². The van der Waals surface area contributed by atoms with Crippen molar-refractivity contribution >= 4 is 81.9 Å². The minimum atomic E-state index is -1.50. The molecule has 0 radical (unpaired) electrons. The van der Waals surface area contributed by atoms with E-state index in [1.54, 1.807) is 116 Å². The molecule has 0 spiro atoms. The second kappa shape index (κ2) is 34.4. The van der Waals surface area contributed by atoms with Gasteiger partial charge in [0.1, 0.15) is 18.1 Å². The molecule has 9 N–H and O–H groups in total. The van der Waals surface area contributed by atoms with E-state index < -0.39 is 102 Å². The number of hydrogen-bond acceptors (Lipinski definition) is 13. The Kier molecular flexibility index (Phi) is 27.8. The lowest BCUT2D eigenvalue weighted by Gasteiger charge is -2.23. The molecule has 20 heteroatoms. The van der Waals surface area contributed by atoms with Gasteiger partial charge >= 0.3 is 17.9 Å². The number of carboxylic acids is 2. The predicted octanol–water partition coefficient (Wildman–Crippen LogP) is 7.84. The number of carbonyl (C=O) groups is 11. The fraction of sp³-hybridized carbons (Fsp3) is 0.305. The van der Waals surface area contributed by atoms with Crippen molar-refractivity contribution in [1.29, 1.82) is 0 Å². The van der Waals surface area contributed by atoms with Gasteiger partial charge in [-0.1, -0.05) is 107 Å². The van der Waals surface area contributed by atoms with E-state index in [-0.39, 0.29) is 66.0 Å². The molecule has 418 valence electrons. The molecule has 20 nitrogen and oxygen atoms in total. The summed E-state index contributed by atoms with van der Waals surface area (Å²) in [5.74, 6) is -7.83. The molecule has 0 aliphatic carbocycles. The van der Waals surface area contributed by atoms with Crippen LogP contribution in [0.2, 0.25) is 0 Å². The lowest BCUT2D eigenvalue weighted by molar-refractivity contribution is -0.148. The van der Waals surface area contributed by atoms with Crippen molar-refractivity contribution in [3.05, 3.63) is 161 Å². The minimum Gasteiger partial charge on any atom is -0.481 e. The standard InChI is InChI=1S/C42H44N4O8.C15H18N2O6.C2H6/c1-3-5-25-54-42(53)35(27-37(48)31-22-13-15-24-33(31)45-40(51)29-19-10-7-11-20-29)46-41(52)34(43-38(49)16-4-2)26-36(47)30-21-12-14-23-32(30)44-39(50)28-17-8-6-9-18-28;16-10-5-2-1-4-9(10)12(18)8-11(15(22)23)17-13(19)6-3-7-14(20)21;1-2/h6-15,17-24,34-35H,3-5,16,25-27H2,1-2H3,(H,43,49)(H,44,50)(H,45,51)(H,46,52);1-2,4-5,11H,3,6-8,16H2,(H,17,19)(H,20,21)(H,22,23);1-2H3. The van der Waals surface area contributed by atoms with E-state index in [1.165, 1.54) is 24.3 Å². The third-order valence-electron chi connectivity index (χ3n) is 11.4. The van der Waals surface area contributed by atoms with Crippen LogP contribution in [0.4, 0.5) is 17.1 Å². The molecule has 0 aromatic heterocycles. The summed E-state index contributed by atoms with van der Waals surface area (Å²) in [4.78, 5) is 139. The molecule has 0 bridgehead atoms. The van der Waals surface area contributed by atoms with Crippen molar-refractivity contribution in [1.82, 2.24) is 16.0 Å². The summed E-state index contributed by atoms with van der Waals surface area (Å²) in [7, 11) is 0. The number of benzene rings is 5. The number of aliphatic carboxylic acids is 2. The van der Waals surface area contributed by atoms with E-state index in [0.29, 0.717) is 24.0 Å². The van der Waals surface area contributed by atoms with E-state index in [1.807, 2.05) is 20.8 Å². The first-order chi connectivity index (χ1) is 37.9. The molecule has 5 rings (SSSR count). The highest BCUT2D eigenvalue weighted by Gasteiger charge is 2.32. The van der Waals surface area contributed by atoms with Crippen LogP contribution in [0.3, 0.4) is 0 Å². The summed E-state index contributed by atoms with van der Waals surface area (Å²) >= 11 is 0. The average Bonchev–Trinajstić information content (AvgIpc) is 3.44. The molecule has 3 atom stereocenters. The number of nitrogen functional groups attached to an aromatic ring is 1. The fourth-order valence-electron chi connectivity index (χ4n) is 7.33. The van der Waals surface area contributed by atoms with Crippen molar-refractivity contribution in [2.24, 2.45) is 0 Å². The van der Waals surface area contributed by atoms with Crippen LogP contribution in [0.25, 0.3) is 0 Å². The molecule has 0 aliphatic heterocycles. The molecule has 5 aromatic rings. The molecule has 5 amide bonds. The maximum atomic E-state index is 13.9. The van der Waals surface area contributed by atoms with Crippen LogP contribution in [0.1, 0.15) is 144 Å². The van der Waals surface area contributed by atoms with Gasteiger partial charge in [-0.25, -0.2) is 9.59 Å². The number of rotatable bonds is 28. The Hall–Kier alpha value is -9.33. The number of para-hydroxylation sites is 3. The first-order valence-corrected chi connectivity index (χ1v) is 25.8. The molecule has 0 fully saturated rings. The van der Waals surface area contributed by atoms with E-state index in [0.717, 1.165) is 6.42 Å². The van der Waals surface area contributed by atoms with E-state index in [4.69, 9.17) is 20.7 Å². The number of amides is 5. The number of anilines is 3. The highest BCUT2D eigenvalue weighted by atomic mass is 16.5. The molecular formula is C59H68N6O14. The highest BCUT2D eigenvalue weighted by molar-refractivity contribution is 6.12. The van der Waals surface area contributed by atoms with Crippen molar-refractivity contribution in [3.8, 4) is 0 Å². The molecular weight excluding hydrogens is 1020 g/mol. The fourth-order valence-corrected chi connectivity index (χ4v) is 7.33. The third kappa shape index (κ3) is 22.0. The van der Waals surface area contributed by atoms with Crippen LogP contribution in [0.5, 0.6) is 0 Å². The first-order valence-electron chi connectivity index (χ1n) is 25.8. The predicted molar refractivity (Wildman–Crippen MR) is 296 cm³/mol. The van der Waals surface area contributed by atoms with Gasteiger partial charge in [-0.2, -0.15) is 0 Å². The SMILES string of the molecule is CC.CCCCOC(=O)C(CC(=O)c1ccccc1NC(=O)c1ccccc1)NC(=O)C(CC(=O)c1ccccc1NC(=O)c1ccccc1)NC(=O)CCC.Nc1ccccc1C(=O)CC(NC(=O)CCCC(=O)O)C(=O)O. The second-order valence-corrected chi connectivity index (χ2v) is 17.4. The lowest BCUT2D eigenvalue weighted by atomic mass is 9.99. The number of nitrogens with one attached hydrogen (secondary N) is 5. The number of ketones is 3. The highest BCUT2D eigenvalue weighted by Crippen LogP contribution is 2.22. The summed E-state index contributed by atoms with van der Waals surface area (Å²) in [6, 6.07) is 31.3. The number of ether oxygens (including phenoxy) is 1. The Labute approximate surface area is 458 Å². The Morgan fingerprint density at radius 1 is 0.481 bits per heavy atom. The van der Waals surface area contributed by atoms with Gasteiger partial charge in [-0.05, 0) is 79.9 Å². The molecule has 3 unspecified atom stereocenters. The first kappa shape index (κ1) is 64.0. The van der Waals surface area contributed by atoms with E-state index in [9.17, 15) is 52.7 Å². The number of Topliss-reactive ketones (excluding diaryl/α,β-unsaturated/α-hetero) is 3. The van der Waals surface area contributed by atoms with Gasteiger partial charge in [0.15, 0.2) is 17.3 Å². The Morgan fingerprint density at radius 2 is 0.911 bits per heavy atom. The van der Waals surface area contributed by atoms with Crippen molar-refractivity contribution in [3.63, 3.8) is 0 Å². The van der Waals surface area contributed by atoms with Gasteiger partial charge in [-0.3, -0.25) is 43.2 Å². The quantitative estimate of drug-likeness (QED) is 0.0102. The number of carboxylic acid groups (broad SMARTS) is 2. The van der Waals surface area contributed by atoms with Crippen molar-refractivity contribution < 1.29 is 67.7 Å². The lowest BCUT2D eigenvalue weighted by Crippen LogP contribution is -2.53. The molecule has 0 heterocycles. The summed E-state index contributed by atoms with van der Waals surface area (Å²) in [6.45, 7) is 7.73. The van der Waals surface area contributed by atoms with Crippen LogP contribution < -0.4 is 32.3 Å². The second-order valence-electron chi connectivity index (χ2n) is 17.4. The monoisotopic (exact) mass is 1080 g/mol. The number of nitrogens with two attached hydrogens (primary N) is 1. The minimum absolute atomic E-state index is 0.0419. The third-order valence-corrected chi connectivity index (χ3v) is 11.4. The van der Waals surface area contributed by atoms with Gasteiger partial charge in [0.2, 0.25) is 17.7 Å². The number of unbranched alkanes of at least 4 members (excludes halogenated alkanes) is 1. The maximum Gasteiger partial charge on any atom is 0.329 e. The molecule has 0 saturated carbocycles. The Bertz CT molecular complexity index is 2890. The molecule has 79 heavy (non-hydrogen) atoms. The van der Waals surface area contributed by atoms with Crippen LogP contribution in [-0.2, 0) is 33.5 Å². The summed E-state index contributed by atoms with van der Waals surface area (Å²) in [5, 5.41) is 30.4. The van der Waals surface area contributed by atoms with Crippen LogP contribution in [0.15, 0.2) is 133 Å². The van der Waals surface area contributed by atoms with Gasteiger partial charge < -0.3 is 47.3 Å². The summed E-state index contributed by atoms with van der Waals surface area (Å²) in [5.41, 5.74) is 7.43. The smallest absolute Gasteiger partial charge is 0.329 e. The Balaban J connectivity index is 0.000000547. The molecule has 0 saturated heterocycles. The van der Waals surface area contributed by atoms with Gasteiger partial charge in [0.25, 0.3) is 11.8 Å². The van der Waals surface area contributed by atoms with E-state index >= 15 is 0 Å². The Morgan fingerprint density at radius 3 is 1.39 bits per heavy atom. The largest absolute Gasteiger partial charge is 0.481 e. The number of esters is 1. The maximum absolute atomic E-state index is 13.9.